The van der Waals surface area contributed by atoms with Crippen LogP contribution >= 0.6 is 0 Å². The van der Waals surface area contributed by atoms with Crippen molar-refractivity contribution in [3.63, 3.8) is 0 Å². The molecule has 0 radical (unpaired) electrons. The van der Waals surface area contributed by atoms with E-state index in [0.717, 1.165) is 58.7 Å². The van der Waals surface area contributed by atoms with E-state index in [1.165, 1.54) is 0 Å². The molecule has 0 amide bonds. The van der Waals surface area contributed by atoms with Gasteiger partial charge in [0.2, 0.25) is 0 Å². The molecule has 0 unspecified atom stereocenters. The second kappa shape index (κ2) is 5.25. The van der Waals surface area contributed by atoms with Crippen molar-refractivity contribution in [2.45, 2.75) is 32.0 Å². The fourth-order valence-electron chi connectivity index (χ4n) is 2.55. The number of ether oxygens (including phenoxy) is 3. The van der Waals surface area contributed by atoms with Gasteiger partial charge in [-0.25, -0.2) is 0 Å². The van der Waals surface area contributed by atoms with Gasteiger partial charge in [-0.2, -0.15) is 0 Å². The molecule has 15 heavy (non-hydrogen) atoms. The minimum Gasteiger partial charge on any atom is -0.381 e. The average molecular weight is 215 g/mol. The second-order valence-corrected chi connectivity index (χ2v) is 4.44. The summed E-state index contributed by atoms with van der Waals surface area (Å²) in [5.74, 6) is 0. The van der Waals surface area contributed by atoms with Gasteiger partial charge in [0.15, 0.2) is 6.29 Å². The first-order valence-corrected chi connectivity index (χ1v) is 5.88. The van der Waals surface area contributed by atoms with Crippen LogP contribution in [0.2, 0.25) is 0 Å². The highest BCUT2D eigenvalue weighted by Crippen LogP contribution is 2.41. The zero-order valence-corrected chi connectivity index (χ0v) is 9.24. The normalized spacial score (nSPS) is 27.0. The molecule has 0 saturated carbocycles. The topological polar surface area (TPSA) is 53.7 Å². The van der Waals surface area contributed by atoms with Crippen LogP contribution in [0.15, 0.2) is 0 Å². The third-order valence-corrected chi connectivity index (χ3v) is 3.49. The molecule has 4 heteroatoms. The van der Waals surface area contributed by atoms with E-state index in [1.54, 1.807) is 0 Å². The van der Waals surface area contributed by atoms with E-state index in [0.29, 0.717) is 0 Å². The van der Waals surface area contributed by atoms with Crippen molar-refractivity contribution in [3.8, 4) is 0 Å². The summed E-state index contributed by atoms with van der Waals surface area (Å²) in [6, 6.07) is 0. The smallest absolute Gasteiger partial charge is 0.163 e. The van der Waals surface area contributed by atoms with Crippen LogP contribution in [0, 0.1) is 5.41 Å². The third kappa shape index (κ3) is 2.50. The molecule has 2 aliphatic rings. The Balaban J connectivity index is 1.98. The van der Waals surface area contributed by atoms with Gasteiger partial charge in [0.1, 0.15) is 0 Å². The Morgan fingerprint density at radius 1 is 1.07 bits per heavy atom. The monoisotopic (exact) mass is 215 g/mol. The van der Waals surface area contributed by atoms with Crippen molar-refractivity contribution in [1.29, 1.82) is 0 Å². The molecule has 0 spiro atoms. The van der Waals surface area contributed by atoms with E-state index in [4.69, 9.17) is 19.9 Å². The molecule has 2 rings (SSSR count). The molecule has 0 atom stereocenters. The summed E-state index contributed by atoms with van der Waals surface area (Å²) in [5.41, 5.74) is 5.75. The van der Waals surface area contributed by atoms with Crippen molar-refractivity contribution in [2.75, 3.05) is 33.0 Å². The lowest BCUT2D eigenvalue weighted by Gasteiger charge is -2.40. The van der Waals surface area contributed by atoms with Gasteiger partial charge in [0, 0.05) is 18.6 Å². The molecule has 0 aliphatic carbocycles. The van der Waals surface area contributed by atoms with E-state index in [2.05, 4.69) is 0 Å². The van der Waals surface area contributed by atoms with Gasteiger partial charge in [-0.05, 0) is 32.2 Å². The zero-order valence-electron chi connectivity index (χ0n) is 9.24. The SMILES string of the molecule is NCCCC1(C2OCCO2)CCOCC1. The van der Waals surface area contributed by atoms with Crippen LogP contribution in [-0.4, -0.2) is 39.3 Å². The van der Waals surface area contributed by atoms with E-state index >= 15 is 0 Å². The third-order valence-electron chi connectivity index (χ3n) is 3.49. The van der Waals surface area contributed by atoms with Gasteiger partial charge in [-0.15, -0.1) is 0 Å². The summed E-state index contributed by atoms with van der Waals surface area (Å²) in [7, 11) is 0. The van der Waals surface area contributed by atoms with Crippen LogP contribution < -0.4 is 5.73 Å². The highest BCUT2D eigenvalue weighted by atomic mass is 16.7. The number of rotatable bonds is 4. The maximum absolute atomic E-state index is 5.67. The lowest BCUT2D eigenvalue weighted by Crippen LogP contribution is -2.41. The van der Waals surface area contributed by atoms with Gasteiger partial charge in [-0.1, -0.05) is 0 Å². The summed E-state index contributed by atoms with van der Waals surface area (Å²) in [4.78, 5) is 0. The van der Waals surface area contributed by atoms with Gasteiger partial charge in [0.25, 0.3) is 0 Å². The standard InChI is InChI=1S/C11H21NO3/c12-5-1-2-11(3-6-13-7-4-11)10-14-8-9-15-10/h10H,1-9,12H2. The van der Waals surface area contributed by atoms with Crippen LogP contribution in [0.1, 0.15) is 25.7 Å². The molecule has 4 nitrogen and oxygen atoms in total. The van der Waals surface area contributed by atoms with Crippen LogP contribution in [-0.2, 0) is 14.2 Å². The summed E-state index contributed by atoms with van der Waals surface area (Å²) in [6.07, 6.45) is 4.20. The molecule has 0 bridgehead atoms. The first-order valence-electron chi connectivity index (χ1n) is 5.88. The zero-order chi connectivity index (χ0) is 10.6. The first-order chi connectivity index (χ1) is 7.37. The van der Waals surface area contributed by atoms with Crippen LogP contribution in [0.4, 0.5) is 0 Å². The van der Waals surface area contributed by atoms with Crippen LogP contribution in [0.5, 0.6) is 0 Å². The number of hydrogen-bond donors (Lipinski definition) is 1. The van der Waals surface area contributed by atoms with Crippen molar-refractivity contribution in [1.82, 2.24) is 0 Å². The van der Waals surface area contributed by atoms with Crippen LogP contribution in [0.25, 0.3) is 0 Å². The highest BCUT2D eigenvalue weighted by Gasteiger charge is 2.43. The molecule has 0 aromatic heterocycles. The fourth-order valence-corrected chi connectivity index (χ4v) is 2.55. The first kappa shape index (κ1) is 11.3. The van der Waals surface area contributed by atoms with Crippen molar-refractivity contribution < 1.29 is 14.2 Å². The molecule has 2 saturated heterocycles. The Morgan fingerprint density at radius 3 is 2.33 bits per heavy atom. The Morgan fingerprint density at radius 2 is 1.73 bits per heavy atom. The van der Waals surface area contributed by atoms with Crippen molar-refractivity contribution in [3.05, 3.63) is 0 Å². The molecular formula is C11H21NO3. The fraction of sp³-hybridized carbons (Fsp3) is 1.00. The van der Waals surface area contributed by atoms with Crippen molar-refractivity contribution in [2.24, 2.45) is 11.1 Å². The van der Waals surface area contributed by atoms with Crippen molar-refractivity contribution >= 4 is 0 Å². The molecular weight excluding hydrogens is 194 g/mol. The van der Waals surface area contributed by atoms with E-state index < -0.39 is 0 Å². The Kier molecular flexibility index (Phi) is 3.97. The largest absolute Gasteiger partial charge is 0.381 e. The van der Waals surface area contributed by atoms with Gasteiger partial charge < -0.3 is 19.9 Å². The summed E-state index contributed by atoms with van der Waals surface area (Å²) in [6.45, 7) is 3.86. The summed E-state index contributed by atoms with van der Waals surface area (Å²) in [5, 5.41) is 0. The molecule has 2 heterocycles. The molecule has 2 fully saturated rings. The predicted molar refractivity (Wildman–Crippen MR) is 56.5 cm³/mol. The van der Waals surface area contributed by atoms with Gasteiger partial charge in [-0.3, -0.25) is 0 Å². The minimum absolute atomic E-state index is 0.0204. The summed E-state index contributed by atoms with van der Waals surface area (Å²) < 4.78 is 16.8. The molecule has 2 aliphatic heterocycles. The van der Waals surface area contributed by atoms with Crippen LogP contribution in [0.3, 0.4) is 0 Å². The maximum Gasteiger partial charge on any atom is 0.163 e. The van der Waals surface area contributed by atoms with E-state index in [9.17, 15) is 0 Å². The predicted octanol–water partition coefficient (Wildman–Crippen LogP) is 0.895. The Hall–Kier alpha value is -0.160. The van der Waals surface area contributed by atoms with Gasteiger partial charge >= 0.3 is 0 Å². The second-order valence-electron chi connectivity index (χ2n) is 4.44. The molecule has 2 N–H and O–H groups in total. The van der Waals surface area contributed by atoms with Gasteiger partial charge in [0.05, 0.1) is 13.2 Å². The molecule has 0 aromatic rings. The lowest BCUT2D eigenvalue weighted by atomic mass is 9.75. The maximum atomic E-state index is 5.67. The number of hydrogen-bond acceptors (Lipinski definition) is 4. The number of nitrogens with two attached hydrogens (primary N) is 1. The minimum atomic E-state index is -0.0204. The molecule has 88 valence electrons. The quantitative estimate of drug-likeness (QED) is 0.757. The Bertz CT molecular complexity index is 186. The molecule has 0 aromatic carbocycles. The average Bonchev–Trinajstić information content (AvgIpc) is 2.82. The van der Waals surface area contributed by atoms with E-state index in [-0.39, 0.29) is 11.7 Å². The highest BCUT2D eigenvalue weighted by molar-refractivity contribution is 4.86. The Labute approximate surface area is 91.1 Å². The lowest BCUT2D eigenvalue weighted by molar-refractivity contribution is -0.168. The summed E-state index contributed by atoms with van der Waals surface area (Å²) >= 11 is 0. The van der Waals surface area contributed by atoms with E-state index in [1.807, 2.05) is 0 Å².